The van der Waals surface area contributed by atoms with Crippen LogP contribution in [0.4, 0.5) is 8.78 Å². The van der Waals surface area contributed by atoms with Crippen LogP contribution in [0.2, 0.25) is 0 Å². The Bertz CT molecular complexity index is 223. The average molecular weight is 216 g/mol. The molecule has 1 aromatic rings. The maximum absolute atomic E-state index is 12.3. The Labute approximate surface area is 83.5 Å². The van der Waals surface area contributed by atoms with E-state index < -0.39 is 11.6 Å². The smallest absolute Gasteiger partial charge is 0.0207 e. The number of rotatable bonds is 0. The van der Waals surface area contributed by atoms with Gasteiger partial charge in [-0.3, -0.25) is 0 Å². The summed E-state index contributed by atoms with van der Waals surface area (Å²) >= 11 is 0. The number of aryl methyl sites for hydroxylation is 1. The second kappa shape index (κ2) is 4.14. The molecule has 0 heterocycles. The van der Waals surface area contributed by atoms with E-state index in [2.05, 4.69) is 6.07 Å². The molecule has 3 heteroatoms. The van der Waals surface area contributed by atoms with E-state index in [1.54, 1.807) is 6.92 Å². The molecule has 0 N–H and O–H groups in total. The third-order valence-electron chi connectivity index (χ3n) is 1.06. The number of hydrogen-bond donors (Lipinski definition) is 0. The third-order valence-corrected chi connectivity index (χ3v) is 1.06. The monoisotopic (exact) mass is 216 g/mol. The molecule has 0 amide bonds. The number of halogens is 2. The van der Waals surface area contributed by atoms with Gasteiger partial charge in [-0.25, -0.2) is 8.78 Å². The summed E-state index contributed by atoms with van der Waals surface area (Å²) in [6.07, 6.45) is 0. The molecule has 1 aromatic carbocycles. The van der Waals surface area contributed by atoms with E-state index in [1.165, 1.54) is 6.07 Å². The molecule has 0 spiro atoms. The predicted molar refractivity (Wildman–Crippen MR) is 29.9 cm³/mol. The van der Waals surface area contributed by atoms with Crippen molar-refractivity contribution in [3.8, 4) is 0 Å². The van der Waals surface area contributed by atoms with Gasteiger partial charge >= 0.3 is 0 Å². The van der Waals surface area contributed by atoms with Gasteiger partial charge in [0.25, 0.3) is 0 Å². The summed E-state index contributed by atoms with van der Waals surface area (Å²) in [5.41, 5.74) is 0.413. The van der Waals surface area contributed by atoms with Crippen molar-refractivity contribution in [1.29, 1.82) is 0 Å². The SMILES string of the molecule is Cc1c[c-]c(F)cc1F.[Y]. The van der Waals surface area contributed by atoms with Crippen molar-refractivity contribution in [3.05, 3.63) is 35.4 Å². The summed E-state index contributed by atoms with van der Waals surface area (Å²) in [4.78, 5) is 0. The van der Waals surface area contributed by atoms with E-state index in [-0.39, 0.29) is 32.7 Å². The zero-order valence-electron chi connectivity index (χ0n) is 5.49. The standard InChI is InChI=1S/C7H5F2.Y/c1-5-2-3-6(8)4-7(5)9;/h2,4H,1H3;/q-1;. The van der Waals surface area contributed by atoms with Crippen molar-refractivity contribution in [2.75, 3.05) is 0 Å². The van der Waals surface area contributed by atoms with Gasteiger partial charge in [0.15, 0.2) is 0 Å². The van der Waals surface area contributed by atoms with Gasteiger partial charge in [-0.2, -0.15) is 6.07 Å². The molecule has 0 aliphatic rings. The first-order chi connectivity index (χ1) is 4.20. The van der Waals surface area contributed by atoms with Crippen LogP contribution in [0.3, 0.4) is 0 Å². The van der Waals surface area contributed by atoms with Gasteiger partial charge < -0.3 is 0 Å². The molecule has 0 saturated heterocycles. The molecule has 0 aromatic heterocycles. The van der Waals surface area contributed by atoms with E-state index in [1.807, 2.05) is 0 Å². The van der Waals surface area contributed by atoms with Gasteiger partial charge in [-0.15, -0.1) is 17.7 Å². The molecule has 0 fully saturated rings. The van der Waals surface area contributed by atoms with Crippen LogP contribution in [0.5, 0.6) is 0 Å². The number of hydrogen-bond acceptors (Lipinski definition) is 0. The second-order valence-electron chi connectivity index (χ2n) is 1.81. The van der Waals surface area contributed by atoms with E-state index in [9.17, 15) is 8.78 Å². The molecule has 1 radical (unpaired) electrons. The van der Waals surface area contributed by atoms with Crippen LogP contribution in [0.25, 0.3) is 0 Å². The fourth-order valence-electron chi connectivity index (χ4n) is 0.513. The summed E-state index contributed by atoms with van der Waals surface area (Å²) in [5, 5.41) is 0. The average Bonchev–Trinajstić information content (AvgIpc) is 1.80. The van der Waals surface area contributed by atoms with Crippen LogP contribution in [-0.2, 0) is 32.7 Å². The van der Waals surface area contributed by atoms with Crippen LogP contribution >= 0.6 is 0 Å². The minimum Gasteiger partial charge on any atom is -0.236 e. The van der Waals surface area contributed by atoms with E-state index >= 15 is 0 Å². The van der Waals surface area contributed by atoms with Crippen LogP contribution in [0.1, 0.15) is 5.56 Å². The van der Waals surface area contributed by atoms with Crippen LogP contribution in [0, 0.1) is 24.6 Å². The normalized spacial score (nSPS) is 8.70. The molecule has 0 atom stereocenters. The first kappa shape index (κ1) is 10.2. The fourth-order valence-corrected chi connectivity index (χ4v) is 0.513. The summed E-state index contributed by atoms with van der Waals surface area (Å²) in [5.74, 6) is -1.18. The molecular weight excluding hydrogens is 211 g/mol. The van der Waals surface area contributed by atoms with Crippen LogP contribution in [-0.4, -0.2) is 0 Å². The Kier molecular flexibility index (Phi) is 4.22. The summed E-state index contributed by atoms with van der Waals surface area (Å²) < 4.78 is 24.4. The van der Waals surface area contributed by atoms with Crippen molar-refractivity contribution in [3.63, 3.8) is 0 Å². The van der Waals surface area contributed by atoms with Crippen LogP contribution in [0.15, 0.2) is 12.1 Å². The Morgan fingerprint density at radius 1 is 1.40 bits per heavy atom. The maximum atomic E-state index is 12.3. The Balaban J connectivity index is 0.000000810. The zero-order valence-corrected chi connectivity index (χ0v) is 8.33. The van der Waals surface area contributed by atoms with E-state index in [0.717, 1.165) is 6.07 Å². The molecule has 10 heavy (non-hydrogen) atoms. The largest absolute Gasteiger partial charge is 0.236 e. The second-order valence-corrected chi connectivity index (χ2v) is 1.81. The van der Waals surface area contributed by atoms with Gasteiger partial charge in [0.1, 0.15) is 0 Å². The molecule has 0 aliphatic heterocycles. The van der Waals surface area contributed by atoms with Gasteiger partial charge in [0.05, 0.1) is 0 Å². The maximum Gasteiger partial charge on any atom is 0.0207 e. The molecule has 0 nitrogen and oxygen atoms in total. The molecule has 51 valence electrons. The van der Waals surface area contributed by atoms with E-state index in [4.69, 9.17) is 0 Å². The fraction of sp³-hybridized carbons (Fsp3) is 0.143. The van der Waals surface area contributed by atoms with Gasteiger partial charge in [0, 0.05) is 44.3 Å². The van der Waals surface area contributed by atoms with E-state index in [0.29, 0.717) is 5.56 Å². The summed E-state index contributed by atoms with van der Waals surface area (Å²) in [6.45, 7) is 1.56. The first-order valence-electron chi connectivity index (χ1n) is 2.53. The molecule has 1 rings (SSSR count). The topological polar surface area (TPSA) is 0 Å². The van der Waals surface area contributed by atoms with Crippen molar-refractivity contribution in [1.82, 2.24) is 0 Å². The van der Waals surface area contributed by atoms with Gasteiger partial charge in [0.2, 0.25) is 0 Å². The van der Waals surface area contributed by atoms with Gasteiger partial charge in [-0.05, 0) is 0 Å². The molecule has 0 aliphatic carbocycles. The van der Waals surface area contributed by atoms with Crippen molar-refractivity contribution in [2.24, 2.45) is 0 Å². The predicted octanol–water partition coefficient (Wildman–Crippen LogP) is 2.07. The van der Waals surface area contributed by atoms with Gasteiger partial charge in [-0.1, -0.05) is 6.92 Å². The molecular formula is C7H5F2Y-. The molecule has 0 bridgehead atoms. The van der Waals surface area contributed by atoms with Crippen molar-refractivity contribution in [2.45, 2.75) is 6.92 Å². The van der Waals surface area contributed by atoms with Crippen molar-refractivity contribution >= 4 is 0 Å². The summed E-state index contributed by atoms with van der Waals surface area (Å²) in [6, 6.07) is 4.33. The number of benzene rings is 1. The van der Waals surface area contributed by atoms with Crippen molar-refractivity contribution < 1.29 is 41.5 Å². The third kappa shape index (κ3) is 2.43. The first-order valence-corrected chi connectivity index (χ1v) is 2.53. The Morgan fingerprint density at radius 2 is 2.00 bits per heavy atom. The quantitative estimate of drug-likeness (QED) is 0.582. The zero-order chi connectivity index (χ0) is 6.85. The molecule has 0 saturated carbocycles. The summed E-state index contributed by atoms with van der Waals surface area (Å²) in [7, 11) is 0. The minimum absolute atomic E-state index is 0. The minimum atomic E-state index is -0.655. The molecule has 0 unspecified atom stereocenters. The Morgan fingerprint density at radius 3 is 2.40 bits per heavy atom. The Hall–Kier alpha value is 0.184. The van der Waals surface area contributed by atoms with Crippen LogP contribution < -0.4 is 0 Å².